The van der Waals surface area contributed by atoms with Crippen molar-refractivity contribution in [2.24, 2.45) is 0 Å². The number of piperidine rings is 1. The molecular weight excluding hydrogens is 384 g/mol. The summed E-state index contributed by atoms with van der Waals surface area (Å²) in [4.78, 5) is 17.5. The molecule has 3 aromatic rings. The molecule has 1 saturated heterocycles. The van der Waals surface area contributed by atoms with Gasteiger partial charge in [0.1, 0.15) is 18.0 Å². The molecular formula is C21H24N6OS. The van der Waals surface area contributed by atoms with Crippen molar-refractivity contribution in [3.05, 3.63) is 59.4 Å². The van der Waals surface area contributed by atoms with Gasteiger partial charge < -0.3 is 15.3 Å². The second-order valence-corrected chi connectivity index (χ2v) is 8.48. The van der Waals surface area contributed by atoms with Crippen LogP contribution < -0.4 is 10.2 Å². The van der Waals surface area contributed by atoms with E-state index in [2.05, 4.69) is 54.3 Å². The van der Waals surface area contributed by atoms with Crippen molar-refractivity contribution >= 4 is 28.1 Å². The van der Waals surface area contributed by atoms with Crippen LogP contribution in [0.2, 0.25) is 0 Å². The topological polar surface area (TPSA) is 77.4 Å². The number of thiazole rings is 1. The Labute approximate surface area is 174 Å². The standard InChI is InChI=1S/C21H24N6OS/c28-18-13-27(20-11-19(23-14-24-20)25-21-22-7-10-29-21)9-6-17(18)26-8-5-15-3-1-2-4-16(15)12-26/h1-4,7,10-11,14,17-18,28H,5-6,8-9,12-13H2,(H,22,23,24,25)/t17-,18-/m1/s1. The van der Waals surface area contributed by atoms with Crippen molar-refractivity contribution in [1.29, 1.82) is 0 Å². The van der Waals surface area contributed by atoms with E-state index < -0.39 is 6.10 Å². The molecule has 2 atom stereocenters. The molecule has 0 bridgehead atoms. The van der Waals surface area contributed by atoms with Crippen molar-refractivity contribution in [1.82, 2.24) is 19.9 Å². The average Bonchev–Trinajstić information content (AvgIpc) is 3.26. The Morgan fingerprint density at radius 2 is 2.00 bits per heavy atom. The highest BCUT2D eigenvalue weighted by Gasteiger charge is 2.34. The molecule has 7 nitrogen and oxygen atoms in total. The molecule has 1 fully saturated rings. The van der Waals surface area contributed by atoms with E-state index in [0.29, 0.717) is 12.4 Å². The van der Waals surface area contributed by atoms with E-state index in [4.69, 9.17) is 0 Å². The Balaban J connectivity index is 1.25. The van der Waals surface area contributed by atoms with Gasteiger partial charge in [-0.25, -0.2) is 15.0 Å². The predicted molar refractivity (Wildman–Crippen MR) is 115 cm³/mol. The summed E-state index contributed by atoms with van der Waals surface area (Å²) in [7, 11) is 0. The van der Waals surface area contributed by atoms with Gasteiger partial charge in [-0.05, 0) is 24.0 Å². The smallest absolute Gasteiger partial charge is 0.188 e. The minimum Gasteiger partial charge on any atom is -0.390 e. The lowest BCUT2D eigenvalue weighted by Crippen LogP contribution is -2.55. The third-order valence-corrected chi connectivity index (χ3v) is 6.51. The Hall–Kier alpha value is -2.55. The molecule has 150 valence electrons. The normalized spacial score (nSPS) is 22.3. The first kappa shape index (κ1) is 18.5. The number of aliphatic hydroxyl groups excluding tert-OH is 1. The Kier molecular flexibility index (Phi) is 5.13. The third-order valence-electron chi connectivity index (χ3n) is 5.82. The first-order valence-electron chi connectivity index (χ1n) is 9.99. The minimum absolute atomic E-state index is 0.189. The second-order valence-electron chi connectivity index (χ2n) is 7.58. The van der Waals surface area contributed by atoms with Crippen LogP contribution in [-0.4, -0.2) is 56.7 Å². The first-order valence-corrected chi connectivity index (χ1v) is 10.9. The summed E-state index contributed by atoms with van der Waals surface area (Å²) in [6.07, 6.45) is 4.89. The summed E-state index contributed by atoms with van der Waals surface area (Å²) >= 11 is 1.53. The fraction of sp³-hybridized carbons (Fsp3) is 0.381. The van der Waals surface area contributed by atoms with Crippen LogP contribution in [0.5, 0.6) is 0 Å². The second kappa shape index (κ2) is 8.06. The van der Waals surface area contributed by atoms with E-state index in [1.807, 2.05) is 11.4 Å². The molecule has 8 heteroatoms. The number of benzene rings is 1. The Bertz CT molecular complexity index is 965. The Morgan fingerprint density at radius 3 is 2.83 bits per heavy atom. The molecule has 29 heavy (non-hydrogen) atoms. The monoisotopic (exact) mass is 408 g/mol. The van der Waals surface area contributed by atoms with Gasteiger partial charge in [0.25, 0.3) is 0 Å². The van der Waals surface area contributed by atoms with Crippen molar-refractivity contribution in [2.45, 2.75) is 31.5 Å². The van der Waals surface area contributed by atoms with Crippen LogP contribution in [0.15, 0.2) is 48.2 Å². The molecule has 2 aliphatic heterocycles. The quantitative estimate of drug-likeness (QED) is 0.687. The summed E-state index contributed by atoms with van der Waals surface area (Å²) in [6, 6.07) is 10.8. The summed E-state index contributed by atoms with van der Waals surface area (Å²) < 4.78 is 0. The van der Waals surface area contributed by atoms with Gasteiger partial charge in [-0.15, -0.1) is 11.3 Å². The predicted octanol–water partition coefficient (Wildman–Crippen LogP) is 2.67. The van der Waals surface area contributed by atoms with Crippen LogP contribution in [0.25, 0.3) is 0 Å². The highest BCUT2D eigenvalue weighted by Crippen LogP contribution is 2.27. The fourth-order valence-corrected chi connectivity index (χ4v) is 4.87. The maximum Gasteiger partial charge on any atom is 0.188 e. The third kappa shape index (κ3) is 3.96. The molecule has 0 radical (unpaired) electrons. The highest BCUT2D eigenvalue weighted by atomic mass is 32.1. The van der Waals surface area contributed by atoms with E-state index in [9.17, 15) is 5.11 Å². The van der Waals surface area contributed by atoms with Gasteiger partial charge in [-0.3, -0.25) is 4.90 Å². The minimum atomic E-state index is -0.403. The molecule has 2 aromatic heterocycles. The number of hydrogen-bond acceptors (Lipinski definition) is 8. The number of aromatic nitrogens is 3. The largest absolute Gasteiger partial charge is 0.390 e. The van der Waals surface area contributed by atoms with Gasteiger partial charge >= 0.3 is 0 Å². The summed E-state index contributed by atoms with van der Waals surface area (Å²) in [5.41, 5.74) is 2.83. The number of nitrogens with one attached hydrogen (secondary N) is 1. The highest BCUT2D eigenvalue weighted by molar-refractivity contribution is 7.13. The van der Waals surface area contributed by atoms with Crippen molar-refractivity contribution in [3.63, 3.8) is 0 Å². The molecule has 0 spiro atoms. The zero-order chi connectivity index (χ0) is 19.6. The van der Waals surface area contributed by atoms with Crippen LogP contribution in [0.1, 0.15) is 17.5 Å². The molecule has 1 aromatic carbocycles. The van der Waals surface area contributed by atoms with Gasteiger partial charge in [-0.1, -0.05) is 24.3 Å². The van der Waals surface area contributed by atoms with Crippen molar-refractivity contribution in [3.8, 4) is 0 Å². The Morgan fingerprint density at radius 1 is 1.10 bits per heavy atom. The van der Waals surface area contributed by atoms with Crippen LogP contribution in [0.4, 0.5) is 16.8 Å². The van der Waals surface area contributed by atoms with Crippen LogP contribution in [0.3, 0.4) is 0 Å². The number of aliphatic hydroxyl groups is 1. The van der Waals surface area contributed by atoms with Crippen LogP contribution in [-0.2, 0) is 13.0 Å². The number of anilines is 3. The molecule has 0 saturated carbocycles. The molecule has 2 aliphatic rings. The molecule has 4 heterocycles. The molecule has 0 unspecified atom stereocenters. The summed E-state index contributed by atoms with van der Waals surface area (Å²) in [5, 5.41) is 16.9. The van der Waals surface area contributed by atoms with Crippen molar-refractivity contribution < 1.29 is 5.11 Å². The SMILES string of the molecule is O[C@@H]1CN(c2cc(Nc3nccs3)ncn2)CC[C@H]1N1CCc2ccccc2C1. The number of fused-ring (bicyclic) bond motifs is 1. The number of hydrogen-bond donors (Lipinski definition) is 2. The van der Waals surface area contributed by atoms with Gasteiger partial charge in [0.2, 0.25) is 0 Å². The van der Waals surface area contributed by atoms with E-state index >= 15 is 0 Å². The van der Waals surface area contributed by atoms with E-state index in [1.54, 1.807) is 12.5 Å². The van der Waals surface area contributed by atoms with Crippen LogP contribution in [0, 0.1) is 0 Å². The summed E-state index contributed by atoms with van der Waals surface area (Å²) in [6.45, 7) is 3.38. The van der Waals surface area contributed by atoms with Gasteiger partial charge in [0.05, 0.1) is 6.10 Å². The lowest BCUT2D eigenvalue weighted by molar-refractivity contribution is 0.0293. The fourth-order valence-electron chi connectivity index (χ4n) is 4.34. The molecule has 5 rings (SSSR count). The van der Waals surface area contributed by atoms with E-state index in [0.717, 1.165) is 43.4 Å². The summed E-state index contributed by atoms with van der Waals surface area (Å²) in [5.74, 6) is 1.55. The maximum absolute atomic E-state index is 10.9. The zero-order valence-electron chi connectivity index (χ0n) is 16.1. The molecule has 0 aliphatic carbocycles. The van der Waals surface area contributed by atoms with E-state index in [1.165, 1.54) is 22.5 Å². The van der Waals surface area contributed by atoms with Gasteiger partial charge in [0.15, 0.2) is 5.13 Å². The van der Waals surface area contributed by atoms with Gasteiger partial charge in [0, 0.05) is 49.9 Å². The maximum atomic E-state index is 10.9. The number of nitrogens with zero attached hydrogens (tertiary/aromatic N) is 5. The molecule has 2 N–H and O–H groups in total. The van der Waals surface area contributed by atoms with Gasteiger partial charge in [-0.2, -0.15) is 0 Å². The zero-order valence-corrected chi connectivity index (χ0v) is 16.9. The number of β-amino-alcohol motifs (C(OH)–C–C–N with tert-alkyl or cyclic N) is 1. The first-order chi connectivity index (χ1) is 14.3. The average molecular weight is 409 g/mol. The molecule has 0 amide bonds. The van der Waals surface area contributed by atoms with E-state index in [-0.39, 0.29) is 6.04 Å². The van der Waals surface area contributed by atoms with Crippen LogP contribution >= 0.6 is 11.3 Å². The van der Waals surface area contributed by atoms with Crippen molar-refractivity contribution in [2.75, 3.05) is 29.9 Å². The lowest BCUT2D eigenvalue weighted by Gasteiger charge is -2.43. The lowest BCUT2D eigenvalue weighted by atomic mass is 9.94. The number of rotatable bonds is 4.